The Balaban J connectivity index is 1.46. The summed E-state index contributed by atoms with van der Waals surface area (Å²) in [7, 11) is 1.79. The number of hydrogen-bond acceptors (Lipinski definition) is 6. The van der Waals surface area contributed by atoms with E-state index in [2.05, 4.69) is 31.2 Å². The fourth-order valence-corrected chi connectivity index (χ4v) is 4.07. The van der Waals surface area contributed by atoms with E-state index >= 15 is 0 Å². The van der Waals surface area contributed by atoms with Crippen molar-refractivity contribution in [2.75, 3.05) is 25.1 Å². The van der Waals surface area contributed by atoms with Crippen molar-refractivity contribution in [1.29, 1.82) is 0 Å². The van der Waals surface area contributed by atoms with Crippen LogP contribution >= 0.6 is 0 Å². The van der Waals surface area contributed by atoms with Gasteiger partial charge in [0.2, 0.25) is 0 Å². The summed E-state index contributed by atoms with van der Waals surface area (Å²) in [5.41, 5.74) is 2.61. The minimum Gasteiger partial charge on any atom is -0.380 e. The lowest BCUT2D eigenvalue weighted by molar-refractivity contribution is 0.118. The van der Waals surface area contributed by atoms with Crippen LogP contribution in [0.2, 0.25) is 0 Å². The number of nitrogens with zero attached hydrogens (tertiary/aromatic N) is 4. The molecule has 6 heteroatoms. The van der Waals surface area contributed by atoms with E-state index in [1.165, 1.54) is 24.1 Å². The normalized spacial score (nSPS) is 25.8. The number of ether oxygens (including phenoxy) is 1. The van der Waals surface area contributed by atoms with E-state index in [9.17, 15) is 0 Å². The lowest BCUT2D eigenvalue weighted by atomic mass is 9.91. The molecule has 2 aliphatic rings. The Kier molecular flexibility index (Phi) is 4.90. The van der Waals surface area contributed by atoms with Gasteiger partial charge >= 0.3 is 0 Å². The van der Waals surface area contributed by atoms with Crippen molar-refractivity contribution in [3.63, 3.8) is 0 Å². The molecule has 0 spiro atoms. The van der Waals surface area contributed by atoms with Gasteiger partial charge in [-0.2, -0.15) is 0 Å². The van der Waals surface area contributed by atoms with Crippen molar-refractivity contribution < 1.29 is 4.74 Å². The third kappa shape index (κ3) is 3.50. The molecule has 2 aromatic rings. The Morgan fingerprint density at radius 3 is 3.08 bits per heavy atom. The van der Waals surface area contributed by atoms with Gasteiger partial charge in [0, 0.05) is 50.4 Å². The maximum absolute atomic E-state index is 5.62. The molecule has 1 fully saturated rings. The first-order valence-electron chi connectivity index (χ1n) is 9.08. The summed E-state index contributed by atoms with van der Waals surface area (Å²) in [6.45, 7) is 1.80. The van der Waals surface area contributed by atoms with Crippen LogP contribution in [0.15, 0.2) is 36.9 Å². The van der Waals surface area contributed by atoms with E-state index in [-0.39, 0.29) is 6.10 Å². The molecule has 4 rings (SSSR count). The lowest BCUT2D eigenvalue weighted by Crippen LogP contribution is -2.40. The first-order chi connectivity index (χ1) is 12.3. The van der Waals surface area contributed by atoms with Gasteiger partial charge < -0.3 is 15.0 Å². The summed E-state index contributed by atoms with van der Waals surface area (Å²) in [6.07, 6.45) is 10.0. The number of nitrogens with one attached hydrogen (secondary N) is 1. The standard InChI is InChI=1S/C19H25N5O/c1-25-15-10-14(24(12-15)19-7-9-20-13-23-19)11-22-18-6-2-5-17-16(18)4-3-8-21-17/h3-4,7-9,13-15,18,22H,2,5-6,10-12H2,1H3/t14-,15-,18?/m1/s1. The van der Waals surface area contributed by atoms with Gasteiger partial charge in [-0.05, 0) is 43.4 Å². The molecule has 1 saturated heterocycles. The summed E-state index contributed by atoms with van der Waals surface area (Å²) in [6, 6.07) is 7.01. The highest BCUT2D eigenvalue weighted by molar-refractivity contribution is 5.40. The number of methoxy groups -OCH3 is 1. The van der Waals surface area contributed by atoms with Crippen LogP contribution in [0.1, 0.15) is 36.6 Å². The number of fused-ring (bicyclic) bond motifs is 1. The second-order valence-electron chi connectivity index (χ2n) is 6.86. The van der Waals surface area contributed by atoms with Crippen molar-refractivity contribution in [3.8, 4) is 0 Å². The Labute approximate surface area is 148 Å². The molecule has 0 saturated carbocycles. The maximum Gasteiger partial charge on any atom is 0.132 e. The van der Waals surface area contributed by atoms with Crippen molar-refractivity contribution in [1.82, 2.24) is 20.3 Å². The molecule has 1 aliphatic heterocycles. The number of pyridine rings is 1. The van der Waals surface area contributed by atoms with Gasteiger partial charge in [-0.15, -0.1) is 0 Å². The van der Waals surface area contributed by atoms with E-state index in [4.69, 9.17) is 4.74 Å². The molecular weight excluding hydrogens is 314 g/mol. The smallest absolute Gasteiger partial charge is 0.132 e. The molecule has 6 nitrogen and oxygen atoms in total. The summed E-state index contributed by atoms with van der Waals surface area (Å²) in [5.74, 6) is 0.979. The predicted molar refractivity (Wildman–Crippen MR) is 96.5 cm³/mol. The number of anilines is 1. The molecule has 0 radical (unpaired) electrons. The fraction of sp³-hybridized carbons (Fsp3) is 0.526. The van der Waals surface area contributed by atoms with Crippen molar-refractivity contribution in [3.05, 3.63) is 48.2 Å². The van der Waals surface area contributed by atoms with Gasteiger partial charge in [-0.1, -0.05) is 6.07 Å². The average Bonchev–Trinajstić information content (AvgIpc) is 3.10. The van der Waals surface area contributed by atoms with Gasteiger partial charge in [0.05, 0.1) is 6.10 Å². The van der Waals surface area contributed by atoms with E-state index in [1.807, 2.05) is 18.3 Å². The molecule has 25 heavy (non-hydrogen) atoms. The molecule has 3 atom stereocenters. The molecule has 2 aromatic heterocycles. The molecule has 3 heterocycles. The van der Waals surface area contributed by atoms with Gasteiger partial charge in [-0.25, -0.2) is 9.97 Å². The highest BCUT2D eigenvalue weighted by Gasteiger charge is 2.33. The van der Waals surface area contributed by atoms with Crippen LogP contribution in [-0.4, -0.2) is 47.3 Å². The average molecular weight is 339 g/mol. The molecule has 1 N–H and O–H groups in total. The maximum atomic E-state index is 5.62. The molecular formula is C19H25N5O. The molecule has 0 bridgehead atoms. The summed E-state index contributed by atoms with van der Waals surface area (Å²) in [4.78, 5) is 15.4. The minimum atomic E-state index is 0.252. The highest BCUT2D eigenvalue weighted by atomic mass is 16.5. The van der Waals surface area contributed by atoms with Crippen LogP contribution < -0.4 is 10.2 Å². The Bertz CT molecular complexity index is 695. The molecule has 132 valence electrons. The predicted octanol–water partition coefficient (Wildman–Crippen LogP) is 2.13. The van der Waals surface area contributed by atoms with Crippen LogP contribution in [-0.2, 0) is 11.2 Å². The topological polar surface area (TPSA) is 63.2 Å². The molecule has 0 aromatic carbocycles. The quantitative estimate of drug-likeness (QED) is 0.900. The van der Waals surface area contributed by atoms with Crippen LogP contribution in [0, 0.1) is 0 Å². The van der Waals surface area contributed by atoms with E-state index in [0.717, 1.165) is 31.7 Å². The monoisotopic (exact) mass is 339 g/mol. The first-order valence-corrected chi connectivity index (χ1v) is 9.08. The summed E-state index contributed by atoms with van der Waals surface area (Å²) in [5, 5.41) is 3.78. The number of rotatable bonds is 5. The second-order valence-corrected chi connectivity index (χ2v) is 6.86. The third-order valence-electron chi connectivity index (χ3n) is 5.38. The molecule has 1 aliphatic carbocycles. The van der Waals surface area contributed by atoms with Gasteiger partial charge in [0.15, 0.2) is 0 Å². The van der Waals surface area contributed by atoms with Crippen LogP contribution in [0.25, 0.3) is 0 Å². The molecule has 0 amide bonds. The van der Waals surface area contributed by atoms with Gasteiger partial charge in [-0.3, -0.25) is 4.98 Å². The van der Waals surface area contributed by atoms with Crippen molar-refractivity contribution in [2.24, 2.45) is 0 Å². The zero-order valence-corrected chi connectivity index (χ0v) is 14.6. The van der Waals surface area contributed by atoms with E-state index < -0.39 is 0 Å². The van der Waals surface area contributed by atoms with Gasteiger partial charge in [0.25, 0.3) is 0 Å². The van der Waals surface area contributed by atoms with Crippen LogP contribution in [0.3, 0.4) is 0 Å². The molecule has 1 unspecified atom stereocenters. The highest BCUT2D eigenvalue weighted by Crippen LogP contribution is 2.29. The lowest BCUT2D eigenvalue weighted by Gasteiger charge is -2.30. The van der Waals surface area contributed by atoms with Gasteiger partial charge in [0.1, 0.15) is 12.1 Å². The summed E-state index contributed by atoms with van der Waals surface area (Å²) >= 11 is 0. The SMILES string of the molecule is CO[C@@H]1C[C@H](CNC2CCCc3ncccc32)N(c2ccncn2)C1. The number of aromatic nitrogens is 3. The first kappa shape index (κ1) is 16.4. The fourth-order valence-electron chi connectivity index (χ4n) is 4.07. The van der Waals surface area contributed by atoms with E-state index in [0.29, 0.717) is 12.1 Å². The third-order valence-corrected chi connectivity index (χ3v) is 5.38. The van der Waals surface area contributed by atoms with Crippen molar-refractivity contribution >= 4 is 5.82 Å². The van der Waals surface area contributed by atoms with Crippen molar-refractivity contribution in [2.45, 2.75) is 43.9 Å². The zero-order chi connectivity index (χ0) is 17.1. The van der Waals surface area contributed by atoms with E-state index in [1.54, 1.807) is 19.6 Å². The zero-order valence-electron chi connectivity index (χ0n) is 14.6. The Morgan fingerprint density at radius 1 is 1.28 bits per heavy atom. The number of aryl methyl sites for hydroxylation is 1. The summed E-state index contributed by atoms with van der Waals surface area (Å²) < 4.78 is 5.62. The largest absolute Gasteiger partial charge is 0.380 e. The van der Waals surface area contributed by atoms with Crippen LogP contribution in [0.5, 0.6) is 0 Å². The second kappa shape index (κ2) is 7.45. The Hall–Kier alpha value is -2.05. The van der Waals surface area contributed by atoms with Crippen LogP contribution in [0.4, 0.5) is 5.82 Å². The Morgan fingerprint density at radius 2 is 2.24 bits per heavy atom. The minimum absolute atomic E-state index is 0.252. The number of hydrogen-bond donors (Lipinski definition) is 1.